The van der Waals surface area contributed by atoms with Crippen molar-refractivity contribution in [2.75, 3.05) is 20.2 Å². The van der Waals surface area contributed by atoms with Gasteiger partial charge in [-0.25, -0.2) is 0 Å². The Bertz CT molecular complexity index is 632. The molecule has 2 unspecified atom stereocenters. The second-order valence-corrected chi connectivity index (χ2v) is 6.71. The number of methoxy groups -OCH3 is 1. The molecule has 0 spiro atoms. The van der Waals surface area contributed by atoms with E-state index in [1.807, 2.05) is 24.3 Å². The van der Waals surface area contributed by atoms with Crippen LogP contribution in [0.3, 0.4) is 0 Å². The number of nitrogens with one attached hydrogen (secondary N) is 1. The van der Waals surface area contributed by atoms with Crippen molar-refractivity contribution in [3.05, 3.63) is 29.8 Å². The van der Waals surface area contributed by atoms with Gasteiger partial charge >= 0.3 is 0 Å². The van der Waals surface area contributed by atoms with Gasteiger partial charge in [-0.2, -0.15) is 0 Å². The second kappa shape index (κ2) is 7.68. The molecule has 25 heavy (non-hydrogen) atoms. The van der Waals surface area contributed by atoms with Crippen LogP contribution >= 0.6 is 0 Å². The van der Waals surface area contributed by atoms with Crippen LogP contribution in [0.15, 0.2) is 24.3 Å². The highest BCUT2D eigenvalue weighted by Gasteiger charge is 2.48. The topological polar surface area (TPSA) is 75.7 Å². The molecule has 1 aliphatic heterocycles. The Morgan fingerprint density at radius 3 is 2.28 bits per heavy atom. The van der Waals surface area contributed by atoms with Crippen LogP contribution in [-0.2, 0) is 20.8 Å². The third-order valence-electron chi connectivity index (χ3n) is 5.13. The lowest BCUT2D eigenvalue weighted by Gasteiger charge is -2.19. The van der Waals surface area contributed by atoms with Crippen molar-refractivity contribution >= 4 is 17.7 Å². The van der Waals surface area contributed by atoms with Gasteiger partial charge in [0.05, 0.1) is 18.9 Å². The third kappa shape index (κ3) is 3.83. The number of ether oxygens (including phenoxy) is 1. The van der Waals surface area contributed by atoms with Crippen LogP contribution in [0, 0.1) is 11.8 Å². The molecule has 1 saturated carbocycles. The maximum atomic E-state index is 12.4. The van der Waals surface area contributed by atoms with E-state index < -0.39 is 0 Å². The Kier molecular flexibility index (Phi) is 5.36. The van der Waals surface area contributed by atoms with Crippen LogP contribution in [0.4, 0.5) is 0 Å². The normalized spacial score (nSPS) is 22.7. The summed E-state index contributed by atoms with van der Waals surface area (Å²) in [5.41, 5.74) is 1.08. The zero-order valence-electron chi connectivity index (χ0n) is 14.5. The van der Waals surface area contributed by atoms with E-state index in [2.05, 4.69) is 5.32 Å². The number of nitrogens with zero attached hydrogens (tertiary/aromatic N) is 1. The summed E-state index contributed by atoms with van der Waals surface area (Å²) in [7, 11) is 1.62. The number of carbonyl (C=O) groups is 3. The van der Waals surface area contributed by atoms with Gasteiger partial charge in [0.1, 0.15) is 12.3 Å². The van der Waals surface area contributed by atoms with E-state index in [4.69, 9.17) is 4.74 Å². The molecule has 2 aliphatic rings. The van der Waals surface area contributed by atoms with Crippen molar-refractivity contribution in [3.63, 3.8) is 0 Å². The van der Waals surface area contributed by atoms with E-state index in [1.165, 1.54) is 0 Å². The molecule has 1 saturated heterocycles. The molecule has 1 heterocycles. The number of hydrogen-bond donors (Lipinski definition) is 1. The molecule has 6 heteroatoms. The first kappa shape index (κ1) is 17.5. The van der Waals surface area contributed by atoms with Gasteiger partial charge < -0.3 is 10.1 Å². The van der Waals surface area contributed by atoms with E-state index in [1.54, 1.807) is 7.11 Å². The van der Waals surface area contributed by atoms with Gasteiger partial charge in [0.2, 0.25) is 17.7 Å². The van der Waals surface area contributed by atoms with Crippen LogP contribution < -0.4 is 10.1 Å². The minimum atomic E-state index is -0.283. The molecule has 1 aromatic carbocycles. The summed E-state index contributed by atoms with van der Waals surface area (Å²) in [6.07, 6.45) is 4.20. The Morgan fingerprint density at radius 1 is 1.12 bits per heavy atom. The highest BCUT2D eigenvalue weighted by atomic mass is 16.5. The molecule has 2 atom stereocenters. The average Bonchev–Trinajstić information content (AvgIpc) is 2.88. The van der Waals surface area contributed by atoms with Crippen molar-refractivity contribution in [1.29, 1.82) is 0 Å². The largest absolute Gasteiger partial charge is 0.497 e. The lowest BCUT2D eigenvalue weighted by molar-refractivity contribution is -0.143. The maximum Gasteiger partial charge on any atom is 0.240 e. The fraction of sp³-hybridized carbons (Fsp3) is 0.526. The number of carbonyl (C=O) groups excluding carboxylic acids is 3. The minimum Gasteiger partial charge on any atom is -0.497 e. The fourth-order valence-corrected chi connectivity index (χ4v) is 3.72. The number of rotatable bonds is 6. The molecule has 134 valence electrons. The van der Waals surface area contributed by atoms with Crippen LogP contribution in [0.25, 0.3) is 0 Å². The SMILES string of the molecule is COc1ccc(CCNC(=O)CN2C(=O)C3CCCCC3C2=O)cc1. The molecule has 0 radical (unpaired) electrons. The third-order valence-corrected chi connectivity index (χ3v) is 5.13. The number of fused-ring (bicyclic) bond motifs is 1. The van der Waals surface area contributed by atoms with Crippen molar-refractivity contribution < 1.29 is 19.1 Å². The Balaban J connectivity index is 1.47. The summed E-state index contributed by atoms with van der Waals surface area (Å²) < 4.78 is 5.11. The number of likely N-dealkylation sites (tertiary alicyclic amines) is 1. The Labute approximate surface area is 147 Å². The lowest BCUT2D eigenvalue weighted by atomic mass is 9.81. The quantitative estimate of drug-likeness (QED) is 0.794. The van der Waals surface area contributed by atoms with Crippen molar-refractivity contribution in [3.8, 4) is 5.75 Å². The van der Waals surface area contributed by atoms with E-state index in [9.17, 15) is 14.4 Å². The molecule has 1 aromatic rings. The summed E-state index contributed by atoms with van der Waals surface area (Å²) in [5.74, 6) is -0.226. The van der Waals surface area contributed by atoms with E-state index in [0.29, 0.717) is 13.0 Å². The van der Waals surface area contributed by atoms with Gasteiger partial charge in [0, 0.05) is 6.54 Å². The number of hydrogen-bond acceptors (Lipinski definition) is 4. The van der Waals surface area contributed by atoms with Crippen LogP contribution in [-0.4, -0.2) is 42.8 Å². The van der Waals surface area contributed by atoms with E-state index >= 15 is 0 Å². The zero-order valence-corrected chi connectivity index (χ0v) is 14.5. The van der Waals surface area contributed by atoms with E-state index in [0.717, 1.165) is 41.9 Å². The molecule has 0 bridgehead atoms. The fourth-order valence-electron chi connectivity index (χ4n) is 3.72. The standard InChI is InChI=1S/C19H24N2O4/c1-25-14-8-6-13(7-9-14)10-11-20-17(22)12-21-18(23)15-4-2-3-5-16(15)19(21)24/h6-9,15-16H,2-5,10-12H2,1H3,(H,20,22). The number of benzene rings is 1. The van der Waals surface area contributed by atoms with Crippen molar-refractivity contribution in [2.24, 2.45) is 11.8 Å². The predicted octanol–water partition coefficient (Wildman–Crippen LogP) is 1.53. The van der Waals surface area contributed by atoms with Gasteiger partial charge in [-0.1, -0.05) is 25.0 Å². The first-order valence-electron chi connectivity index (χ1n) is 8.85. The highest BCUT2D eigenvalue weighted by molar-refractivity contribution is 6.07. The van der Waals surface area contributed by atoms with Crippen LogP contribution in [0.1, 0.15) is 31.2 Å². The van der Waals surface area contributed by atoms with Gasteiger partial charge in [-0.05, 0) is 37.0 Å². The highest BCUT2D eigenvalue weighted by Crippen LogP contribution is 2.37. The first-order valence-corrected chi connectivity index (χ1v) is 8.85. The molecule has 6 nitrogen and oxygen atoms in total. The minimum absolute atomic E-state index is 0.159. The molecular formula is C19H24N2O4. The van der Waals surface area contributed by atoms with Crippen LogP contribution in [0.2, 0.25) is 0 Å². The molecule has 2 fully saturated rings. The van der Waals surface area contributed by atoms with Gasteiger partial charge in [0.25, 0.3) is 0 Å². The summed E-state index contributed by atoms with van der Waals surface area (Å²) in [6, 6.07) is 7.65. The van der Waals surface area contributed by atoms with Gasteiger partial charge in [-0.3, -0.25) is 19.3 Å². The smallest absolute Gasteiger partial charge is 0.240 e. The predicted molar refractivity (Wildman–Crippen MR) is 91.9 cm³/mol. The molecule has 1 aliphatic carbocycles. The van der Waals surface area contributed by atoms with Crippen molar-refractivity contribution in [1.82, 2.24) is 10.2 Å². The summed E-state index contributed by atoms with van der Waals surface area (Å²) >= 11 is 0. The maximum absolute atomic E-state index is 12.4. The number of amides is 3. The molecule has 3 amide bonds. The van der Waals surface area contributed by atoms with Gasteiger partial charge in [0.15, 0.2) is 0 Å². The molecule has 0 aromatic heterocycles. The molecule has 3 rings (SSSR count). The molecule has 1 N–H and O–H groups in total. The summed E-state index contributed by atoms with van der Waals surface area (Å²) in [6.45, 7) is 0.307. The Hall–Kier alpha value is -2.37. The first-order chi connectivity index (χ1) is 12.1. The monoisotopic (exact) mass is 344 g/mol. The number of imide groups is 1. The summed E-state index contributed by atoms with van der Waals surface area (Å²) in [5, 5.41) is 2.79. The zero-order chi connectivity index (χ0) is 17.8. The van der Waals surface area contributed by atoms with Gasteiger partial charge in [-0.15, -0.1) is 0 Å². The second-order valence-electron chi connectivity index (χ2n) is 6.71. The van der Waals surface area contributed by atoms with Crippen LogP contribution in [0.5, 0.6) is 5.75 Å². The summed E-state index contributed by atoms with van der Waals surface area (Å²) in [4.78, 5) is 38.0. The Morgan fingerprint density at radius 2 is 1.72 bits per heavy atom. The average molecular weight is 344 g/mol. The van der Waals surface area contributed by atoms with E-state index in [-0.39, 0.29) is 36.1 Å². The van der Waals surface area contributed by atoms with Crippen molar-refractivity contribution in [2.45, 2.75) is 32.1 Å². The molecular weight excluding hydrogens is 320 g/mol. The lowest BCUT2D eigenvalue weighted by Crippen LogP contribution is -2.41.